The standard InChI is InChI=1S/C24H42N2O3S.Ca.2H/c1-2-3-4-5-6-7-8-9-10-11-12-13-14-15-16-17-24(27)26-30(28,29)23-20-18-22(25)19-21-23;;;/h18-21H,2-17,25H2,1H3,(H,26,27);;;/q;+2;2*-1. The minimum absolute atomic E-state index is 0. The molecule has 31 heavy (non-hydrogen) atoms. The van der Waals surface area contributed by atoms with Crippen molar-refractivity contribution >= 4 is 59.4 Å². The summed E-state index contributed by atoms with van der Waals surface area (Å²) in [6.07, 6.45) is 19.2. The van der Waals surface area contributed by atoms with E-state index in [1.807, 2.05) is 0 Å². The molecule has 0 aliphatic rings. The number of sulfonamides is 1. The van der Waals surface area contributed by atoms with Gasteiger partial charge in [0.2, 0.25) is 5.91 Å². The van der Waals surface area contributed by atoms with E-state index in [0.717, 1.165) is 19.3 Å². The van der Waals surface area contributed by atoms with Crippen molar-refractivity contribution in [1.29, 1.82) is 0 Å². The Morgan fingerprint density at radius 2 is 1.16 bits per heavy atom. The number of unbranched alkanes of at least 4 members (excludes halogenated alkanes) is 14. The van der Waals surface area contributed by atoms with Crippen molar-refractivity contribution in [3.8, 4) is 0 Å². The van der Waals surface area contributed by atoms with E-state index in [4.69, 9.17) is 5.73 Å². The van der Waals surface area contributed by atoms with E-state index in [9.17, 15) is 13.2 Å². The number of hydrogen-bond acceptors (Lipinski definition) is 4. The molecular formula is C24H44CaN2O3S. The molecule has 1 amide bonds. The fraction of sp³-hybridized carbons (Fsp3) is 0.708. The summed E-state index contributed by atoms with van der Waals surface area (Å²) in [4.78, 5) is 12.0. The average molecular weight is 481 g/mol. The maximum absolute atomic E-state index is 12.1. The predicted octanol–water partition coefficient (Wildman–Crippen LogP) is 6.18. The number of anilines is 1. The third kappa shape index (κ3) is 16.0. The summed E-state index contributed by atoms with van der Waals surface area (Å²) in [5.74, 6) is -0.443. The molecule has 0 unspecified atom stereocenters. The van der Waals surface area contributed by atoms with Crippen molar-refractivity contribution in [3.05, 3.63) is 24.3 Å². The number of carbonyl (C=O) groups is 1. The minimum Gasteiger partial charge on any atom is -1.00 e. The molecule has 0 atom stereocenters. The first-order chi connectivity index (χ1) is 14.5. The van der Waals surface area contributed by atoms with Gasteiger partial charge in [-0.2, -0.15) is 0 Å². The van der Waals surface area contributed by atoms with E-state index in [-0.39, 0.29) is 51.9 Å². The minimum atomic E-state index is -3.80. The van der Waals surface area contributed by atoms with Crippen molar-refractivity contribution in [2.45, 2.75) is 115 Å². The quantitative estimate of drug-likeness (QED) is 0.149. The van der Waals surface area contributed by atoms with Gasteiger partial charge >= 0.3 is 37.7 Å². The van der Waals surface area contributed by atoms with Crippen LogP contribution in [0.15, 0.2) is 29.2 Å². The van der Waals surface area contributed by atoms with Gasteiger partial charge in [0.1, 0.15) is 0 Å². The van der Waals surface area contributed by atoms with Gasteiger partial charge in [0.25, 0.3) is 10.0 Å². The molecule has 0 radical (unpaired) electrons. The zero-order valence-electron chi connectivity index (χ0n) is 21.5. The van der Waals surface area contributed by atoms with E-state index in [2.05, 4.69) is 11.6 Å². The van der Waals surface area contributed by atoms with Crippen LogP contribution in [0.3, 0.4) is 0 Å². The summed E-state index contributed by atoms with van der Waals surface area (Å²) < 4.78 is 26.4. The Hall–Kier alpha value is -0.300. The topological polar surface area (TPSA) is 89.3 Å². The van der Waals surface area contributed by atoms with Gasteiger partial charge in [0, 0.05) is 12.1 Å². The van der Waals surface area contributed by atoms with E-state index < -0.39 is 15.9 Å². The molecule has 0 fully saturated rings. The zero-order chi connectivity index (χ0) is 22.1. The molecule has 0 saturated heterocycles. The molecule has 0 spiro atoms. The van der Waals surface area contributed by atoms with Crippen LogP contribution in [-0.2, 0) is 14.8 Å². The third-order valence-corrected chi connectivity index (χ3v) is 6.84. The molecule has 0 aliphatic heterocycles. The Morgan fingerprint density at radius 3 is 1.58 bits per heavy atom. The molecule has 1 rings (SSSR count). The second kappa shape index (κ2) is 19.2. The molecule has 5 nitrogen and oxygen atoms in total. The van der Waals surface area contributed by atoms with Gasteiger partial charge in [-0.05, 0) is 30.7 Å². The third-order valence-electron chi connectivity index (χ3n) is 5.45. The predicted molar refractivity (Wildman–Crippen MR) is 134 cm³/mol. The number of nitrogens with two attached hydrogens (primary N) is 1. The summed E-state index contributed by atoms with van der Waals surface area (Å²) in [6.45, 7) is 2.26. The number of nitrogens with one attached hydrogen (secondary N) is 1. The van der Waals surface area contributed by atoms with Crippen molar-refractivity contribution < 1.29 is 16.1 Å². The van der Waals surface area contributed by atoms with Crippen molar-refractivity contribution in [1.82, 2.24) is 4.72 Å². The van der Waals surface area contributed by atoms with Crippen LogP contribution in [0, 0.1) is 0 Å². The molecule has 0 aromatic heterocycles. The second-order valence-electron chi connectivity index (χ2n) is 8.30. The van der Waals surface area contributed by atoms with Gasteiger partial charge in [-0.15, -0.1) is 0 Å². The van der Waals surface area contributed by atoms with Gasteiger partial charge in [0.15, 0.2) is 0 Å². The van der Waals surface area contributed by atoms with Gasteiger partial charge < -0.3 is 8.59 Å². The Bertz CT molecular complexity index is 689. The van der Waals surface area contributed by atoms with E-state index in [1.165, 1.54) is 101 Å². The number of hydrogen-bond donors (Lipinski definition) is 2. The van der Waals surface area contributed by atoms with Crippen LogP contribution in [0.5, 0.6) is 0 Å². The summed E-state index contributed by atoms with van der Waals surface area (Å²) in [5, 5.41) is 0. The number of amides is 1. The van der Waals surface area contributed by atoms with E-state index in [1.54, 1.807) is 0 Å². The molecular weight excluding hydrogens is 436 g/mol. The first-order valence-corrected chi connectivity index (χ1v) is 13.3. The van der Waals surface area contributed by atoms with Crippen LogP contribution in [0.2, 0.25) is 0 Å². The van der Waals surface area contributed by atoms with Crippen LogP contribution in [-0.4, -0.2) is 52.1 Å². The maximum Gasteiger partial charge on any atom is 2.00 e. The normalized spacial score (nSPS) is 11.1. The Balaban J connectivity index is -0.00000300. The molecule has 0 bridgehead atoms. The van der Waals surface area contributed by atoms with Crippen molar-refractivity contribution in [3.63, 3.8) is 0 Å². The fourth-order valence-electron chi connectivity index (χ4n) is 3.56. The largest absolute Gasteiger partial charge is 2.00 e. The molecule has 3 N–H and O–H groups in total. The molecule has 1 aromatic rings. The molecule has 176 valence electrons. The monoisotopic (exact) mass is 480 g/mol. The van der Waals surface area contributed by atoms with Crippen LogP contribution in [0.1, 0.15) is 113 Å². The molecule has 1 aromatic carbocycles. The Labute approximate surface area is 223 Å². The number of rotatable bonds is 18. The van der Waals surface area contributed by atoms with Crippen LogP contribution in [0.25, 0.3) is 0 Å². The summed E-state index contributed by atoms with van der Waals surface area (Å²) in [7, 11) is -3.80. The van der Waals surface area contributed by atoms with Gasteiger partial charge in [-0.3, -0.25) is 4.79 Å². The summed E-state index contributed by atoms with van der Waals surface area (Å²) >= 11 is 0. The first kappa shape index (κ1) is 30.7. The molecule has 0 heterocycles. The summed E-state index contributed by atoms with van der Waals surface area (Å²) in [5.41, 5.74) is 6.04. The second-order valence-corrected chi connectivity index (χ2v) is 9.98. The fourth-order valence-corrected chi connectivity index (χ4v) is 4.58. The number of carbonyl (C=O) groups excluding carboxylic acids is 1. The van der Waals surface area contributed by atoms with Gasteiger partial charge in [-0.25, -0.2) is 13.1 Å². The average Bonchev–Trinajstić information content (AvgIpc) is 2.71. The van der Waals surface area contributed by atoms with Crippen LogP contribution >= 0.6 is 0 Å². The Kier molecular flexibility index (Phi) is 19.0. The zero-order valence-corrected chi connectivity index (χ0v) is 22.6. The Morgan fingerprint density at radius 1 is 0.774 bits per heavy atom. The van der Waals surface area contributed by atoms with Gasteiger partial charge in [0.05, 0.1) is 4.90 Å². The van der Waals surface area contributed by atoms with Crippen molar-refractivity contribution in [2.24, 2.45) is 0 Å². The number of benzene rings is 1. The first-order valence-electron chi connectivity index (χ1n) is 11.9. The van der Waals surface area contributed by atoms with Crippen LogP contribution < -0.4 is 10.5 Å². The molecule has 0 aliphatic carbocycles. The number of nitrogen functional groups attached to an aromatic ring is 1. The van der Waals surface area contributed by atoms with E-state index >= 15 is 0 Å². The molecule has 0 saturated carbocycles. The summed E-state index contributed by atoms with van der Waals surface area (Å²) in [6, 6.07) is 5.82. The smallest absolute Gasteiger partial charge is 1.00 e. The van der Waals surface area contributed by atoms with Crippen molar-refractivity contribution in [2.75, 3.05) is 5.73 Å². The van der Waals surface area contributed by atoms with Crippen LogP contribution in [0.4, 0.5) is 5.69 Å². The maximum atomic E-state index is 12.1. The molecule has 7 heteroatoms. The van der Waals surface area contributed by atoms with Gasteiger partial charge in [-0.1, -0.05) is 96.8 Å². The SMILES string of the molecule is CCCCCCCCCCCCCCCCCC(=O)NS(=O)(=O)c1ccc(N)cc1.[Ca+2].[H-].[H-]. The van der Waals surface area contributed by atoms with E-state index in [0.29, 0.717) is 5.69 Å².